The van der Waals surface area contributed by atoms with E-state index in [1.54, 1.807) is 17.4 Å². The molecule has 1 aromatic heterocycles. The number of aryl methyl sites for hydroxylation is 1. The zero-order chi connectivity index (χ0) is 18.8. The number of carbonyl (C=O) groups excluding carboxylic acids is 2. The summed E-state index contributed by atoms with van der Waals surface area (Å²) in [4.78, 5) is 25.9. The minimum Gasteiger partial charge on any atom is -0.483 e. The highest BCUT2D eigenvalue weighted by molar-refractivity contribution is 7.10. The number of fused-ring (bicyclic) bond motifs is 1. The summed E-state index contributed by atoms with van der Waals surface area (Å²) in [6, 6.07) is 7.75. The van der Waals surface area contributed by atoms with Crippen molar-refractivity contribution in [3.05, 3.63) is 51.2 Å². The van der Waals surface area contributed by atoms with Crippen LogP contribution in [0.4, 0.5) is 0 Å². The third-order valence-electron chi connectivity index (χ3n) is 4.88. The molecule has 2 aromatic rings. The second-order valence-corrected chi connectivity index (χ2v) is 8.27. The number of amides is 1. The van der Waals surface area contributed by atoms with E-state index in [1.165, 1.54) is 0 Å². The second-order valence-electron chi connectivity index (χ2n) is 7.29. The summed E-state index contributed by atoms with van der Waals surface area (Å²) in [5.74, 6) is 0.935. The molecule has 4 nitrogen and oxygen atoms in total. The van der Waals surface area contributed by atoms with Crippen LogP contribution in [-0.2, 0) is 4.79 Å². The highest BCUT2D eigenvalue weighted by Crippen LogP contribution is 2.40. The molecule has 26 heavy (non-hydrogen) atoms. The third kappa shape index (κ3) is 3.68. The number of benzene rings is 1. The summed E-state index contributed by atoms with van der Waals surface area (Å²) in [6.07, 6.45) is 0.510. The molecule has 1 heterocycles. The predicted molar refractivity (Wildman–Crippen MR) is 104 cm³/mol. The van der Waals surface area contributed by atoms with Gasteiger partial charge in [0.25, 0.3) is 5.91 Å². The molecular weight excluding hydrogens is 346 g/mol. The number of ketones is 1. The standard InChI is InChI=1S/C21H25NO3S/c1-12(2)21(17-6-5-9-26-17)22-18(24)11-25-16-8-7-13(3)19-14(4)10-15(23)20(16)19/h5-9,12,14,21H,10-11H2,1-4H3,(H,22,24)/t14-,21+/m1/s1. The highest BCUT2D eigenvalue weighted by atomic mass is 32.1. The Morgan fingerprint density at radius 2 is 2.12 bits per heavy atom. The van der Waals surface area contributed by atoms with Gasteiger partial charge in [0.2, 0.25) is 0 Å². The lowest BCUT2D eigenvalue weighted by Crippen LogP contribution is -2.34. The van der Waals surface area contributed by atoms with Crippen LogP contribution in [0.3, 0.4) is 0 Å². The van der Waals surface area contributed by atoms with Gasteiger partial charge in [-0.15, -0.1) is 11.3 Å². The number of ether oxygens (including phenoxy) is 1. The molecule has 0 unspecified atom stereocenters. The van der Waals surface area contributed by atoms with Gasteiger partial charge in [-0.2, -0.15) is 0 Å². The molecular formula is C21H25NO3S. The van der Waals surface area contributed by atoms with E-state index in [9.17, 15) is 9.59 Å². The number of Topliss-reactive ketones (excluding diaryl/α,β-unsaturated/α-hetero) is 1. The van der Waals surface area contributed by atoms with Crippen LogP contribution in [0.2, 0.25) is 0 Å². The molecule has 0 fully saturated rings. The van der Waals surface area contributed by atoms with Crippen LogP contribution in [0.1, 0.15) is 65.5 Å². The van der Waals surface area contributed by atoms with Crippen molar-refractivity contribution in [3.63, 3.8) is 0 Å². The van der Waals surface area contributed by atoms with Crippen molar-refractivity contribution in [2.75, 3.05) is 6.61 Å². The quantitative estimate of drug-likeness (QED) is 0.805. The molecule has 138 valence electrons. The fraction of sp³-hybridized carbons (Fsp3) is 0.429. The Morgan fingerprint density at radius 3 is 2.77 bits per heavy atom. The van der Waals surface area contributed by atoms with Gasteiger partial charge in [-0.05, 0) is 47.4 Å². The molecule has 0 aliphatic heterocycles. The Morgan fingerprint density at radius 1 is 1.35 bits per heavy atom. The van der Waals surface area contributed by atoms with Crippen molar-refractivity contribution >= 4 is 23.0 Å². The van der Waals surface area contributed by atoms with Crippen molar-refractivity contribution in [3.8, 4) is 5.75 Å². The Kier molecular flexibility index (Phi) is 5.47. The molecule has 2 atom stereocenters. The normalized spacial score (nSPS) is 17.3. The van der Waals surface area contributed by atoms with E-state index in [1.807, 2.05) is 30.5 Å². The molecule has 5 heteroatoms. The summed E-state index contributed by atoms with van der Waals surface area (Å²) in [7, 11) is 0. The SMILES string of the molecule is Cc1ccc(OCC(=O)N[C@H](c2cccs2)C(C)C)c2c1[C@H](C)CC2=O. The van der Waals surface area contributed by atoms with Crippen molar-refractivity contribution in [2.45, 2.75) is 46.1 Å². The fourth-order valence-electron chi connectivity index (χ4n) is 3.62. The molecule has 0 spiro atoms. The van der Waals surface area contributed by atoms with Crippen LogP contribution in [0, 0.1) is 12.8 Å². The van der Waals surface area contributed by atoms with E-state index in [4.69, 9.17) is 4.74 Å². The molecule has 0 saturated heterocycles. The first-order valence-corrected chi connectivity index (χ1v) is 9.88. The van der Waals surface area contributed by atoms with Crippen molar-refractivity contribution in [1.82, 2.24) is 5.32 Å². The zero-order valence-corrected chi connectivity index (χ0v) is 16.5. The Hall–Kier alpha value is -2.14. The maximum Gasteiger partial charge on any atom is 0.258 e. The molecule has 0 bridgehead atoms. The number of carbonyl (C=O) groups is 2. The monoisotopic (exact) mass is 371 g/mol. The van der Waals surface area contributed by atoms with E-state index in [0.717, 1.165) is 16.0 Å². The smallest absolute Gasteiger partial charge is 0.258 e. The lowest BCUT2D eigenvalue weighted by molar-refractivity contribution is -0.124. The van der Waals surface area contributed by atoms with Gasteiger partial charge in [-0.3, -0.25) is 9.59 Å². The van der Waals surface area contributed by atoms with Gasteiger partial charge in [0, 0.05) is 11.3 Å². The fourth-order valence-corrected chi connectivity index (χ4v) is 4.57. The van der Waals surface area contributed by atoms with Crippen LogP contribution >= 0.6 is 11.3 Å². The molecule has 1 aromatic carbocycles. The number of rotatable bonds is 6. The average Bonchev–Trinajstić information content (AvgIpc) is 3.21. The van der Waals surface area contributed by atoms with Gasteiger partial charge in [0.05, 0.1) is 11.6 Å². The summed E-state index contributed by atoms with van der Waals surface area (Å²) >= 11 is 1.63. The first-order valence-electron chi connectivity index (χ1n) is 9.00. The largest absolute Gasteiger partial charge is 0.483 e. The second kappa shape index (κ2) is 7.62. The maximum absolute atomic E-state index is 12.4. The first-order chi connectivity index (χ1) is 12.4. The third-order valence-corrected chi connectivity index (χ3v) is 5.84. The van der Waals surface area contributed by atoms with Crippen molar-refractivity contribution in [2.24, 2.45) is 5.92 Å². The van der Waals surface area contributed by atoms with Gasteiger partial charge >= 0.3 is 0 Å². The molecule has 1 amide bonds. The van der Waals surface area contributed by atoms with Crippen LogP contribution in [0.5, 0.6) is 5.75 Å². The Bertz CT molecular complexity index is 811. The summed E-state index contributed by atoms with van der Waals surface area (Å²) in [5, 5.41) is 5.06. The number of thiophene rings is 1. The van der Waals surface area contributed by atoms with Gasteiger partial charge in [0.1, 0.15) is 5.75 Å². The summed E-state index contributed by atoms with van der Waals surface area (Å²) in [6.45, 7) is 8.14. The molecule has 0 radical (unpaired) electrons. The Balaban J connectivity index is 1.70. The van der Waals surface area contributed by atoms with Crippen LogP contribution in [-0.4, -0.2) is 18.3 Å². The van der Waals surface area contributed by atoms with Gasteiger partial charge in [-0.1, -0.05) is 32.9 Å². The number of nitrogens with one attached hydrogen (secondary N) is 1. The number of hydrogen-bond donors (Lipinski definition) is 1. The lowest BCUT2D eigenvalue weighted by Gasteiger charge is -2.21. The van der Waals surface area contributed by atoms with E-state index >= 15 is 0 Å². The minimum absolute atomic E-state index is 0.0310. The molecule has 3 rings (SSSR count). The Labute approximate surface area is 158 Å². The van der Waals surface area contributed by atoms with Crippen molar-refractivity contribution in [1.29, 1.82) is 0 Å². The lowest BCUT2D eigenvalue weighted by atomic mass is 9.97. The zero-order valence-electron chi connectivity index (χ0n) is 15.7. The first kappa shape index (κ1) is 18.6. The average molecular weight is 372 g/mol. The van der Waals surface area contributed by atoms with Crippen LogP contribution in [0.25, 0.3) is 0 Å². The predicted octanol–water partition coefficient (Wildman–Crippen LogP) is 4.64. The maximum atomic E-state index is 12.4. The van der Waals surface area contributed by atoms with Gasteiger partial charge in [0.15, 0.2) is 12.4 Å². The van der Waals surface area contributed by atoms with E-state index < -0.39 is 0 Å². The molecule has 0 saturated carbocycles. The van der Waals surface area contributed by atoms with Crippen LogP contribution < -0.4 is 10.1 Å². The molecule has 1 N–H and O–H groups in total. The van der Waals surface area contributed by atoms with E-state index in [0.29, 0.717) is 17.7 Å². The van der Waals surface area contributed by atoms with E-state index in [-0.39, 0.29) is 36.2 Å². The van der Waals surface area contributed by atoms with Crippen LogP contribution in [0.15, 0.2) is 29.6 Å². The topological polar surface area (TPSA) is 55.4 Å². The van der Waals surface area contributed by atoms with Gasteiger partial charge in [-0.25, -0.2) is 0 Å². The number of hydrogen-bond acceptors (Lipinski definition) is 4. The highest BCUT2D eigenvalue weighted by Gasteiger charge is 2.31. The minimum atomic E-state index is -0.176. The van der Waals surface area contributed by atoms with E-state index in [2.05, 4.69) is 26.1 Å². The molecule has 1 aliphatic carbocycles. The molecule has 1 aliphatic rings. The van der Waals surface area contributed by atoms with Gasteiger partial charge < -0.3 is 10.1 Å². The summed E-state index contributed by atoms with van der Waals surface area (Å²) < 4.78 is 5.75. The van der Waals surface area contributed by atoms with Crippen molar-refractivity contribution < 1.29 is 14.3 Å². The summed E-state index contributed by atoms with van der Waals surface area (Å²) in [5.41, 5.74) is 2.82.